The predicted molar refractivity (Wildman–Crippen MR) is 129 cm³/mol. The molecule has 2 aromatic heterocycles. The standard InChI is InChI=1S/C23H22N6O4S/c1-2-32-18-11-9-17(10-12-18)26-22(31)15-5-7-16(8-6-15)25-20(30)14-34-23-28-27-21(29(23)24)19-4-3-13-33-19/h3-13H,2,14,24H2,1H3,(H,25,30)(H,26,31). The van der Waals surface area contributed by atoms with E-state index in [1.165, 1.54) is 10.9 Å². The van der Waals surface area contributed by atoms with E-state index in [1.807, 2.05) is 6.92 Å². The van der Waals surface area contributed by atoms with Gasteiger partial charge in [-0.3, -0.25) is 9.59 Å². The summed E-state index contributed by atoms with van der Waals surface area (Å²) in [7, 11) is 0. The van der Waals surface area contributed by atoms with Gasteiger partial charge in [-0.2, -0.15) is 0 Å². The number of nitrogens with two attached hydrogens (primary N) is 1. The Kier molecular flexibility index (Phi) is 7.13. The van der Waals surface area contributed by atoms with Gasteiger partial charge in [0.2, 0.25) is 16.9 Å². The van der Waals surface area contributed by atoms with E-state index in [1.54, 1.807) is 60.7 Å². The van der Waals surface area contributed by atoms with Crippen LogP contribution in [0.25, 0.3) is 11.6 Å². The minimum Gasteiger partial charge on any atom is -0.494 e. The van der Waals surface area contributed by atoms with Gasteiger partial charge in [-0.15, -0.1) is 10.2 Å². The van der Waals surface area contributed by atoms with Crippen LogP contribution in [0.1, 0.15) is 17.3 Å². The highest BCUT2D eigenvalue weighted by atomic mass is 32.2. The van der Waals surface area contributed by atoms with Gasteiger partial charge in [0.25, 0.3) is 5.91 Å². The van der Waals surface area contributed by atoms with Gasteiger partial charge in [-0.05, 0) is 67.6 Å². The SMILES string of the molecule is CCOc1ccc(NC(=O)c2ccc(NC(=O)CSc3nnc(-c4ccco4)n3N)cc2)cc1. The van der Waals surface area contributed by atoms with E-state index in [2.05, 4.69) is 20.8 Å². The first-order valence-corrected chi connectivity index (χ1v) is 11.3. The molecule has 4 rings (SSSR count). The molecule has 0 aliphatic carbocycles. The number of anilines is 2. The molecule has 10 nitrogen and oxygen atoms in total. The Hall–Kier alpha value is -4.25. The van der Waals surface area contributed by atoms with Gasteiger partial charge >= 0.3 is 0 Å². The van der Waals surface area contributed by atoms with Crippen molar-refractivity contribution in [2.75, 3.05) is 28.8 Å². The summed E-state index contributed by atoms with van der Waals surface area (Å²) in [5.41, 5.74) is 1.68. The highest BCUT2D eigenvalue weighted by Crippen LogP contribution is 2.22. The Labute approximate surface area is 199 Å². The van der Waals surface area contributed by atoms with Crippen LogP contribution in [0.3, 0.4) is 0 Å². The topological polar surface area (TPSA) is 137 Å². The summed E-state index contributed by atoms with van der Waals surface area (Å²) in [5.74, 6) is 7.15. The number of furan rings is 1. The van der Waals surface area contributed by atoms with Gasteiger partial charge in [0.05, 0.1) is 18.6 Å². The maximum Gasteiger partial charge on any atom is 0.255 e. The van der Waals surface area contributed by atoms with E-state index in [0.717, 1.165) is 17.5 Å². The minimum atomic E-state index is -0.257. The highest BCUT2D eigenvalue weighted by molar-refractivity contribution is 7.99. The largest absolute Gasteiger partial charge is 0.494 e. The number of carbonyl (C=O) groups is 2. The summed E-state index contributed by atoms with van der Waals surface area (Å²) in [6.07, 6.45) is 1.51. The number of nitrogens with one attached hydrogen (secondary N) is 2. The van der Waals surface area contributed by atoms with Crippen LogP contribution in [0.5, 0.6) is 5.75 Å². The molecule has 4 N–H and O–H groups in total. The van der Waals surface area contributed by atoms with Crippen LogP contribution in [-0.2, 0) is 4.79 Å². The quantitative estimate of drug-likeness (QED) is 0.245. The fourth-order valence-corrected chi connectivity index (χ4v) is 3.64. The average molecular weight is 479 g/mol. The van der Waals surface area contributed by atoms with Crippen molar-refractivity contribution < 1.29 is 18.7 Å². The number of aromatic nitrogens is 3. The van der Waals surface area contributed by atoms with Gasteiger partial charge in [-0.25, -0.2) is 4.68 Å². The van der Waals surface area contributed by atoms with Crippen molar-refractivity contribution >= 4 is 35.0 Å². The van der Waals surface area contributed by atoms with Crippen molar-refractivity contribution in [2.24, 2.45) is 0 Å². The Balaban J connectivity index is 1.28. The molecule has 0 radical (unpaired) electrons. The first kappa shape index (κ1) is 22.9. The Bertz CT molecular complexity index is 1250. The summed E-state index contributed by atoms with van der Waals surface area (Å²) in [4.78, 5) is 24.8. The maximum absolute atomic E-state index is 12.5. The number of rotatable bonds is 9. The van der Waals surface area contributed by atoms with Gasteiger partial charge in [-0.1, -0.05) is 11.8 Å². The molecule has 0 fully saturated rings. The van der Waals surface area contributed by atoms with Crippen molar-refractivity contribution in [1.82, 2.24) is 14.9 Å². The van der Waals surface area contributed by atoms with Gasteiger partial charge < -0.3 is 25.6 Å². The molecule has 0 aliphatic heterocycles. The molecule has 0 spiro atoms. The summed E-state index contributed by atoms with van der Waals surface area (Å²) in [6, 6.07) is 17.2. The fourth-order valence-electron chi connectivity index (χ4n) is 2.99. The maximum atomic E-state index is 12.5. The monoisotopic (exact) mass is 478 g/mol. The molecule has 4 aromatic rings. The first-order chi connectivity index (χ1) is 16.5. The van der Waals surface area contributed by atoms with E-state index in [9.17, 15) is 9.59 Å². The number of benzene rings is 2. The third-order valence-electron chi connectivity index (χ3n) is 4.59. The lowest BCUT2D eigenvalue weighted by atomic mass is 10.2. The average Bonchev–Trinajstić information content (AvgIpc) is 3.49. The number of hydrogen-bond acceptors (Lipinski definition) is 8. The summed E-state index contributed by atoms with van der Waals surface area (Å²) < 4.78 is 11.9. The zero-order valence-corrected chi connectivity index (χ0v) is 19.0. The molecule has 0 aliphatic rings. The van der Waals surface area contributed by atoms with Gasteiger partial charge in [0.15, 0.2) is 5.76 Å². The number of nitrogen functional groups attached to an aromatic ring is 1. The van der Waals surface area contributed by atoms with E-state index >= 15 is 0 Å². The Morgan fingerprint density at radius 1 is 1.03 bits per heavy atom. The lowest BCUT2D eigenvalue weighted by molar-refractivity contribution is -0.113. The van der Waals surface area contributed by atoms with Crippen molar-refractivity contribution in [1.29, 1.82) is 0 Å². The lowest BCUT2D eigenvalue weighted by Gasteiger charge is -2.08. The molecule has 0 saturated carbocycles. The molecule has 2 heterocycles. The third-order valence-corrected chi connectivity index (χ3v) is 5.54. The molecular weight excluding hydrogens is 456 g/mol. The van der Waals surface area contributed by atoms with Crippen molar-refractivity contribution in [3.63, 3.8) is 0 Å². The molecule has 11 heteroatoms. The normalized spacial score (nSPS) is 10.6. The third kappa shape index (κ3) is 5.56. The Morgan fingerprint density at radius 2 is 1.74 bits per heavy atom. The van der Waals surface area contributed by atoms with E-state index in [0.29, 0.717) is 40.3 Å². The number of amides is 2. The molecule has 0 unspecified atom stereocenters. The number of carbonyl (C=O) groups excluding carboxylic acids is 2. The number of ether oxygens (including phenoxy) is 1. The van der Waals surface area contributed by atoms with Crippen LogP contribution < -0.4 is 21.2 Å². The number of hydrogen-bond donors (Lipinski definition) is 3. The van der Waals surface area contributed by atoms with Crippen LogP contribution in [0, 0.1) is 0 Å². The summed E-state index contributed by atoms with van der Waals surface area (Å²) >= 11 is 1.14. The lowest BCUT2D eigenvalue weighted by Crippen LogP contribution is -2.16. The predicted octanol–water partition coefficient (Wildman–Crippen LogP) is 3.63. The van der Waals surface area contributed by atoms with Crippen LogP contribution in [-0.4, -0.2) is 39.0 Å². The highest BCUT2D eigenvalue weighted by Gasteiger charge is 2.15. The fraction of sp³-hybridized carbons (Fsp3) is 0.130. The van der Waals surface area contributed by atoms with Crippen molar-refractivity contribution in [2.45, 2.75) is 12.1 Å². The van der Waals surface area contributed by atoms with Crippen molar-refractivity contribution in [3.05, 3.63) is 72.5 Å². The smallest absolute Gasteiger partial charge is 0.255 e. The van der Waals surface area contributed by atoms with Crippen LogP contribution >= 0.6 is 11.8 Å². The van der Waals surface area contributed by atoms with Gasteiger partial charge in [0.1, 0.15) is 5.75 Å². The number of thioether (sulfide) groups is 1. The van der Waals surface area contributed by atoms with Crippen LogP contribution in [0.15, 0.2) is 76.5 Å². The zero-order valence-electron chi connectivity index (χ0n) is 18.2. The number of nitrogens with zero attached hydrogens (tertiary/aromatic N) is 3. The van der Waals surface area contributed by atoms with Crippen molar-refractivity contribution in [3.8, 4) is 17.3 Å². The molecule has 0 saturated heterocycles. The Morgan fingerprint density at radius 3 is 2.41 bits per heavy atom. The van der Waals surface area contributed by atoms with Gasteiger partial charge in [0, 0.05) is 16.9 Å². The van der Waals surface area contributed by atoms with Crippen LogP contribution in [0.2, 0.25) is 0 Å². The molecular formula is C23H22N6O4S. The molecule has 2 amide bonds. The zero-order chi connectivity index (χ0) is 23.9. The summed E-state index contributed by atoms with van der Waals surface area (Å²) in [6.45, 7) is 2.49. The van der Waals surface area contributed by atoms with E-state index < -0.39 is 0 Å². The van der Waals surface area contributed by atoms with Crippen LogP contribution in [0.4, 0.5) is 11.4 Å². The molecule has 0 atom stereocenters. The minimum absolute atomic E-state index is 0.0769. The second kappa shape index (κ2) is 10.6. The van der Waals surface area contributed by atoms with E-state index in [4.69, 9.17) is 15.0 Å². The molecule has 2 aromatic carbocycles. The molecule has 174 valence electrons. The molecule has 0 bridgehead atoms. The van der Waals surface area contributed by atoms with E-state index in [-0.39, 0.29) is 17.6 Å². The second-order valence-corrected chi connectivity index (χ2v) is 7.92. The molecule has 34 heavy (non-hydrogen) atoms. The summed E-state index contributed by atoms with van der Waals surface area (Å²) in [5, 5.41) is 14.0. The second-order valence-electron chi connectivity index (χ2n) is 6.98. The first-order valence-electron chi connectivity index (χ1n) is 10.3.